The van der Waals surface area contributed by atoms with E-state index in [1.165, 1.54) is 18.5 Å². The van der Waals surface area contributed by atoms with Crippen LogP contribution in [0.3, 0.4) is 0 Å². The highest BCUT2D eigenvalue weighted by molar-refractivity contribution is 5.46. The van der Waals surface area contributed by atoms with Gasteiger partial charge in [0.25, 0.3) is 0 Å². The molecule has 2 fully saturated rings. The van der Waals surface area contributed by atoms with Gasteiger partial charge in [-0.15, -0.1) is 0 Å². The molecular weight excluding hydrogens is 316 g/mol. The molecule has 5 heteroatoms. The number of anilines is 1. The summed E-state index contributed by atoms with van der Waals surface area (Å²) in [5.41, 5.74) is 1.29. The summed E-state index contributed by atoms with van der Waals surface area (Å²) in [6, 6.07) is 11.1. The average molecular weight is 348 g/mol. The number of ether oxygens (including phenoxy) is 2. The van der Waals surface area contributed by atoms with E-state index in [1.807, 2.05) is 0 Å². The highest BCUT2D eigenvalue weighted by Crippen LogP contribution is 2.22. The number of piperidine rings is 1. The fourth-order valence-electron chi connectivity index (χ4n) is 3.83. The van der Waals surface area contributed by atoms with E-state index >= 15 is 0 Å². The lowest BCUT2D eigenvalue weighted by Crippen LogP contribution is -2.49. The SMILES string of the molecule is CN(CC(O)COCC1CCCO1)C1CCCN(c2ccccc2)C1. The predicted octanol–water partition coefficient (Wildman–Crippen LogP) is 2.14. The molecule has 0 amide bonds. The zero-order valence-corrected chi connectivity index (χ0v) is 15.3. The summed E-state index contributed by atoms with van der Waals surface area (Å²) >= 11 is 0. The standard InChI is InChI=1S/C20H32N2O3/c1-21(14-19(23)15-24-16-20-10-6-12-25-20)18-9-5-11-22(13-18)17-7-3-2-4-8-17/h2-4,7-8,18-20,23H,5-6,9-16H2,1H3. The molecule has 1 aromatic rings. The van der Waals surface area contributed by atoms with Crippen LogP contribution in [0.15, 0.2) is 30.3 Å². The molecule has 2 heterocycles. The first-order valence-electron chi connectivity index (χ1n) is 9.60. The fraction of sp³-hybridized carbons (Fsp3) is 0.700. The fourth-order valence-corrected chi connectivity index (χ4v) is 3.83. The topological polar surface area (TPSA) is 45.2 Å². The Morgan fingerprint density at radius 1 is 1.28 bits per heavy atom. The van der Waals surface area contributed by atoms with Crippen LogP contribution in [0.4, 0.5) is 5.69 Å². The molecule has 0 radical (unpaired) electrons. The molecule has 0 aliphatic carbocycles. The van der Waals surface area contributed by atoms with E-state index in [-0.39, 0.29) is 6.10 Å². The van der Waals surface area contributed by atoms with E-state index in [2.05, 4.69) is 47.2 Å². The van der Waals surface area contributed by atoms with Crippen LogP contribution >= 0.6 is 0 Å². The lowest BCUT2D eigenvalue weighted by molar-refractivity contribution is -0.0265. The Morgan fingerprint density at radius 3 is 2.88 bits per heavy atom. The largest absolute Gasteiger partial charge is 0.389 e. The molecule has 0 bridgehead atoms. The van der Waals surface area contributed by atoms with E-state index in [4.69, 9.17) is 9.47 Å². The van der Waals surface area contributed by atoms with Crippen molar-refractivity contribution in [3.05, 3.63) is 30.3 Å². The molecule has 3 atom stereocenters. The highest BCUT2D eigenvalue weighted by atomic mass is 16.5. The summed E-state index contributed by atoms with van der Waals surface area (Å²) < 4.78 is 11.2. The Bertz CT molecular complexity index is 493. The van der Waals surface area contributed by atoms with E-state index in [0.717, 1.165) is 32.5 Å². The normalized spacial score (nSPS) is 25.5. The van der Waals surface area contributed by atoms with E-state index in [0.29, 0.717) is 25.8 Å². The Morgan fingerprint density at radius 2 is 2.12 bits per heavy atom. The summed E-state index contributed by atoms with van der Waals surface area (Å²) in [5, 5.41) is 10.3. The number of hydrogen-bond donors (Lipinski definition) is 1. The number of hydrogen-bond acceptors (Lipinski definition) is 5. The number of nitrogens with zero attached hydrogens (tertiary/aromatic N) is 2. The van der Waals surface area contributed by atoms with Gasteiger partial charge in [0.05, 0.1) is 25.4 Å². The van der Waals surface area contributed by atoms with Crippen LogP contribution in [0.1, 0.15) is 25.7 Å². The Hall–Kier alpha value is -1.14. The quantitative estimate of drug-likeness (QED) is 0.780. The second-order valence-electron chi connectivity index (χ2n) is 7.34. The number of rotatable bonds is 8. The van der Waals surface area contributed by atoms with Crippen molar-refractivity contribution in [3.8, 4) is 0 Å². The van der Waals surface area contributed by atoms with Crippen molar-refractivity contribution in [2.75, 3.05) is 51.4 Å². The summed E-state index contributed by atoms with van der Waals surface area (Å²) in [4.78, 5) is 4.74. The van der Waals surface area contributed by atoms with E-state index < -0.39 is 6.10 Å². The first-order chi connectivity index (χ1) is 12.2. The minimum Gasteiger partial charge on any atom is -0.389 e. The third-order valence-electron chi connectivity index (χ3n) is 5.28. The lowest BCUT2D eigenvalue weighted by Gasteiger charge is -2.39. The van der Waals surface area contributed by atoms with Gasteiger partial charge in [0.15, 0.2) is 0 Å². The van der Waals surface area contributed by atoms with Gasteiger partial charge in [-0.05, 0) is 44.9 Å². The molecule has 2 aliphatic rings. The summed E-state index contributed by atoms with van der Waals surface area (Å²) in [7, 11) is 2.11. The minimum atomic E-state index is -0.446. The van der Waals surface area contributed by atoms with E-state index in [9.17, 15) is 5.11 Å². The maximum Gasteiger partial charge on any atom is 0.0900 e. The van der Waals surface area contributed by atoms with Crippen molar-refractivity contribution < 1.29 is 14.6 Å². The first-order valence-corrected chi connectivity index (χ1v) is 9.60. The van der Waals surface area contributed by atoms with Crippen molar-refractivity contribution in [3.63, 3.8) is 0 Å². The molecular formula is C20H32N2O3. The zero-order valence-electron chi connectivity index (χ0n) is 15.3. The van der Waals surface area contributed by atoms with Crippen molar-refractivity contribution in [1.29, 1.82) is 0 Å². The van der Waals surface area contributed by atoms with Gasteiger partial charge < -0.3 is 19.5 Å². The molecule has 3 rings (SSSR count). The molecule has 0 saturated carbocycles. The summed E-state index contributed by atoms with van der Waals surface area (Å²) in [6.45, 7) is 4.62. The number of aliphatic hydroxyl groups excluding tert-OH is 1. The molecule has 3 unspecified atom stereocenters. The lowest BCUT2D eigenvalue weighted by atomic mass is 10.0. The summed E-state index contributed by atoms with van der Waals surface area (Å²) in [6.07, 6.45) is 4.35. The Kier molecular flexibility index (Phi) is 7.11. The third-order valence-corrected chi connectivity index (χ3v) is 5.28. The molecule has 5 nitrogen and oxygen atoms in total. The number of para-hydroxylation sites is 1. The predicted molar refractivity (Wildman–Crippen MR) is 100 cm³/mol. The molecule has 2 saturated heterocycles. The van der Waals surface area contributed by atoms with Gasteiger partial charge in [-0.2, -0.15) is 0 Å². The molecule has 1 N–H and O–H groups in total. The third kappa shape index (κ3) is 5.68. The van der Waals surface area contributed by atoms with Gasteiger partial charge in [0.2, 0.25) is 0 Å². The van der Waals surface area contributed by atoms with Crippen LogP contribution in [-0.4, -0.2) is 74.8 Å². The first kappa shape index (κ1) is 18.6. The van der Waals surface area contributed by atoms with Crippen LogP contribution in [0.5, 0.6) is 0 Å². The molecule has 140 valence electrons. The van der Waals surface area contributed by atoms with Gasteiger partial charge in [-0.1, -0.05) is 18.2 Å². The van der Waals surface area contributed by atoms with Gasteiger partial charge >= 0.3 is 0 Å². The van der Waals surface area contributed by atoms with Gasteiger partial charge in [-0.3, -0.25) is 4.90 Å². The monoisotopic (exact) mass is 348 g/mol. The van der Waals surface area contributed by atoms with Crippen molar-refractivity contribution in [2.45, 2.75) is 43.9 Å². The summed E-state index contributed by atoms with van der Waals surface area (Å²) in [5.74, 6) is 0. The van der Waals surface area contributed by atoms with Gasteiger partial charge in [-0.25, -0.2) is 0 Å². The van der Waals surface area contributed by atoms with Crippen LogP contribution in [0.2, 0.25) is 0 Å². The molecule has 25 heavy (non-hydrogen) atoms. The van der Waals surface area contributed by atoms with Crippen LogP contribution < -0.4 is 4.90 Å². The molecule has 0 spiro atoms. The van der Waals surface area contributed by atoms with Crippen LogP contribution in [0.25, 0.3) is 0 Å². The number of aliphatic hydroxyl groups is 1. The Labute approximate surface area is 151 Å². The molecule has 1 aromatic carbocycles. The van der Waals surface area contributed by atoms with Crippen molar-refractivity contribution in [1.82, 2.24) is 4.90 Å². The minimum absolute atomic E-state index is 0.225. The maximum atomic E-state index is 10.3. The van der Waals surface area contributed by atoms with Crippen LogP contribution in [0, 0.1) is 0 Å². The van der Waals surface area contributed by atoms with Crippen LogP contribution in [-0.2, 0) is 9.47 Å². The van der Waals surface area contributed by atoms with Crippen molar-refractivity contribution >= 4 is 5.69 Å². The smallest absolute Gasteiger partial charge is 0.0900 e. The second-order valence-corrected chi connectivity index (χ2v) is 7.34. The van der Waals surface area contributed by atoms with Gasteiger partial charge in [0, 0.05) is 38.0 Å². The molecule has 2 aliphatic heterocycles. The number of likely N-dealkylation sites (N-methyl/N-ethyl adjacent to an activating group) is 1. The number of benzene rings is 1. The molecule has 0 aromatic heterocycles. The van der Waals surface area contributed by atoms with Gasteiger partial charge in [0.1, 0.15) is 0 Å². The van der Waals surface area contributed by atoms with E-state index in [1.54, 1.807) is 0 Å². The average Bonchev–Trinajstić information content (AvgIpc) is 3.16. The second kappa shape index (κ2) is 9.53. The maximum absolute atomic E-state index is 10.3. The zero-order chi connectivity index (χ0) is 17.5. The highest BCUT2D eigenvalue weighted by Gasteiger charge is 2.25. The van der Waals surface area contributed by atoms with Crippen molar-refractivity contribution in [2.24, 2.45) is 0 Å². The Balaban J connectivity index is 1.39.